The standard InChI is InChI=1S/2Li.H6O7Si2.H2O4Si/c;;1-8(2,3)7-9(4,5)6;1-5(2,3)4/h;;1-6H;1-2H/q2*+1;;-2. The SMILES string of the molecule is O[Si](O)(O)O[Si](O)(O)O.[Li+].[Li+].[O-][Si]([O-])(O)O. The van der Waals surface area contributed by atoms with Gasteiger partial charge in [-0.2, -0.15) is 0 Å². The van der Waals surface area contributed by atoms with Gasteiger partial charge in [0.05, 0.1) is 0 Å². The van der Waals surface area contributed by atoms with Crippen LogP contribution >= 0.6 is 0 Å². The Kier molecular flexibility index (Phi) is 15.2. The summed E-state index contributed by atoms with van der Waals surface area (Å²) in [4.78, 5) is 79.4. The van der Waals surface area contributed by atoms with Crippen molar-refractivity contribution < 1.29 is 89.8 Å². The average Bonchev–Trinajstić information content (AvgIpc) is 1.42. The van der Waals surface area contributed by atoms with Crippen LogP contribution in [0.2, 0.25) is 0 Å². The average molecular weight is 282 g/mol. The molecule has 0 bridgehead atoms. The second-order valence-corrected chi connectivity index (χ2v) is 6.01. The van der Waals surface area contributed by atoms with E-state index < -0.39 is 27.1 Å². The van der Waals surface area contributed by atoms with E-state index in [1.165, 1.54) is 0 Å². The van der Waals surface area contributed by atoms with Gasteiger partial charge in [0.2, 0.25) is 0 Å². The molecule has 0 saturated carbocycles. The molecule has 0 aliphatic rings. The largest absolute Gasteiger partial charge is 1.00 e. The van der Waals surface area contributed by atoms with Gasteiger partial charge in [-0.25, -0.2) is 0 Å². The third-order valence-electron chi connectivity index (χ3n) is 0.274. The molecule has 0 rings (SSSR count). The van der Waals surface area contributed by atoms with Gasteiger partial charge in [-0.15, -0.1) is 0 Å². The van der Waals surface area contributed by atoms with Crippen molar-refractivity contribution in [1.82, 2.24) is 0 Å². The Bertz CT molecular complexity index is 134. The first kappa shape index (κ1) is 26.1. The summed E-state index contributed by atoms with van der Waals surface area (Å²) >= 11 is 0. The fourth-order valence-corrected chi connectivity index (χ4v) is 1.65. The molecule has 0 atom stereocenters. The van der Waals surface area contributed by atoms with E-state index in [2.05, 4.69) is 4.12 Å². The van der Waals surface area contributed by atoms with Crippen molar-refractivity contribution in [2.24, 2.45) is 0 Å². The van der Waals surface area contributed by atoms with Crippen LogP contribution in [-0.4, -0.2) is 65.5 Å². The van der Waals surface area contributed by atoms with E-state index in [9.17, 15) is 0 Å². The summed E-state index contributed by atoms with van der Waals surface area (Å²) in [5, 5.41) is 0. The topological polar surface area (TPSA) is 217 Å². The Balaban J connectivity index is -0.0000000904. The van der Waals surface area contributed by atoms with E-state index in [1.807, 2.05) is 0 Å². The van der Waals surface area contributed by atoms with Crippen LogP contribution in [0.3, 0.4) is 0 Å². The number of rotatable bonds is 2. The first-order chi connectivity index (χ1) is 5.71. The van der Waals surface area contributed by atoms with Crippen LogP contribution in [-0.2, 0) is 4.12 Å². The predicted octanol–water partition coefficient (Wildman–Crippen LogP) is -14.0. The summed E-state index contributed by atoms with van der Waals surface area (Å²) in [5.41, 5.74) is 0. The van der Waals surface area contributed by atoms with E-state index in [-0.39, 0.29) is 37.7 Å². The van der Waals surface area contributed by atoms with E-state index in [1.54, 1.807) is 0 Å². The van der Waals surface area contributed by atoms with Crippen molar-refractivity contribution in [3.63, 3.8) is 0 Å². The van der Waals surface area contributed by atoms with Gasteiger partial charge < -0.3 is 52.1 Å². The van der Waals surface area contributed by atoms with E-state index in [4.69, 9.17) is 48.0 Å². The third kappa shape index (κ3) is 58.3. The van der Waals surface area contributed by atoms with E-state index in [0.29, 0.717) is 0 Å². The fourth-order valence-electron chi connectivity index (χ4n) is 0.184. The van der Waals surface area contributed by atoms with Gasteiger partial charge >= 0.3 is 55.8 Å². The third-order valence-corrected chi connectivity index (χ3v) is 2.46. The van der Waals surface area contributed by atoms with Crippen LogP contribution in [0.4, 0.5) is 0 Å². The van der Waals surface area contributed by atoms with Crippen LogP contribution in [0.25, 0.3) is 0 Å². The maximum Gasteiger partial charge on any atom is 1.00 e. The Morgan fingerprint density at radius 2 is 0.750 bits per heavy atom. The first-order valence-electron chi connectivity index (χ1n) is 2.61. The quantitative estimate of drug-likeness (QED) is 0.222. The zero-order chi connectivity index (χ0) is 12.2. The molecular weight excluding hydrogens is 274 g/mol. The summed E-state index contributed by atoms with van der Waals surface area (Å²) in [6, 6.07) is 0. The number of hydrogen-bond acceptors (Lipinski definition) is 11. The molecule has 0 aliphatic carbocycles. The maximum atomic E-state index is 8.80. The monoisotopic (exact) mass is 282 g/mol. The minimum Gasteiger partial charge on any atom is -0.828 e. The molecule has 0 spiro atoms. The maximum absolute atomic E-state index is 8.80. The van der Waals surface area contributed by atoms with Gasteiger partial charge in [0.25, 0.3) is 0 Å². The molecule has 0 aromatic rings. The van der Waals surface area contributed by atoms with Gasteiger partial charge in [-0.3, -0.25) is 0 Å². The zero-order valence-electron chi connectivity index (χ0n) is 8.30. The van der Waals surface area contributed by atoms with Gasteiger partial charge in [0.15, 0.2) is 0 Å². The molecule has 0 heterocycles. The van der Waals surface area contributed by atoms with E-state index >= 15 is 0 Å². The molecule has 0 saturated heterocycles. The van der Waals surface area contributed by atoms with Crippen LogP contribution in [0, 0.1) is 0 Å². The van der Waals surface area contributed by atoms with Gasteiger partial charge in [-0.05, 0) is 0 Å². The van der Waals surface area contributed by atoms with E-state index in [0.717, 1.165) is 0 Å². The normalized spacial score (nSPS) is 11.6. The van der Waals surface area contributed by atoms with Crippen molar-refractivity contribution in [3.05, 3.63) is 0 Å². The second kappa shape index (κ2) is 9.35. The molecule has 0 fully saturated rings. The summed E-state index contributed by atoms with van der Waals surface area (Å²) in [7, 11) is -15.1. The Morgan fingerprint density at radius 3 is 0.750 bits per heavy atom. The molecule has 11 nitrogen and oxygen atoms in total. The summed E-state index contributed by atoms with van der Waals surface area (Å²) in [6.07, 6.45) is 0. The fraction of sp³-hybridized carbons (Fsp3) is 0. The molecule has 16 heavy (non-hydrogen) atoms. The molecule has 88 valence electrons. The van der Waals surface area contributed by atoms with Crippen molar-refractivity contribution in [2.75, 3.05) is 0 Å². The van der Waals surface area contributed by atoms with Crippen LogP contribution in [0.1, 0.15) is 0 Å². The smallest absolute Gasteiger partial charge is 0.828 e. The van der Waals surface area contributed by atoms with Crippen molar-refractivity contribution >= 4 is 27.1 Å². The molecule has 0 radical (unpaired) electrons. The van der Waals surface area contributed by atoms with Crippen molar-refractivity contribution in [3.8, 4) is 0 Å². The minimum atomic E-state index is -5.11. The molecule has 0 aliphatic heterocycles. The van der Waals surface area contributed by atoms with Crippen LogP contribution in [0.15, 0.2) is 0 Å². The molecular formula is H8Li2O11Si3. The predicted molar refractivity (Wildman–Crippen MR) is 36.1 cm³/mol. The minimum absolute atomic E-state index is 0. The molecule has 16 heteroatoms. The molecule has 0 amide bonds. The van der Waals surface area contributed by atoms with Gasteiger partial charge in [0.1, 0.15) is 9.05 Å². The van der Waals surface area contributed by atoms with Gasteiger partial charge in [0, 0.05) is 0 Å². The molecule has 0 aromatic heterocycles. The molecule has 0 unspecified atom stereocenters. The van der Waals surface area contributed by atoms with Crippen LogP contribution < -0.4 is 47.3 Å². The number of hydrogen-bond donors (Lipinski definition) is 8. The Morgan fingerprint density at radius 1 is 0.625 bits per heavy atom. The Hall–Kier alpha value is 1.41. The van der Waals surface area contributed by atoms with Gasteiger partial charge in [-0.1, -0.05) is 0 Å². The van der Waals surface area contributed by atoms with Crippen molar-refractivity contribution in [2.45, 2.75) is 0 Å². The van der Waals surface area contributed by atoms with Crippen LogP contribution in [0.5, 0.6) is 0 Å². The summed E-state index contributed by atoms with van der Waals surface area (Å²) in [6.45, 7) is 0. The zero-order valence-corrected chi connectivity index (χ0v) is 11.3. The first-order valence-corrected chi connectivity index (χ1v) is 7.82. The molecule has 8 N–H and O–H groups in total. The second-order valence-electron chi connectivity index (χ2n) is 1.80. The Labute approximate surface area is 117 Å². The summed E-state index contributed by atoms with van der Waals surface area (Å²) in [5.74, 6) is 0. The summed E-state index contributed by atoms with van der Waals surface area (Å²) < 4.78 is 3.24. The van der Waals surface area contributed by atoms with Crippen molar-refractivity contribution in [1.29, 1.82) is 0 Å². The molecule has 0 aromatic carbocycles.